The smallest absolute Gasteiger partial charge is 0.253 e. The predicted octanol–water partition coefficient (Wildman–Crippen LogP) is 3.32. The number of aliphatic hydroxyl groups excluding tert-OH is 1. The van der Waals surface area contributed by atoms with Crippen LogP contribution in [0.4, 0.5) is 11.5 Å². The quantitative estimate of drug-likeness (QED) is 0.606. The zero-order valence-corrected chi connectivity index (χ0v) is 20.0. The highest BCUT2D eigenvalue weighted by molar-refractivity contribution is 6.30. The number of nitrogens with zero attached hydrogens (tertiary/aromatic N) is 3. The molecule has 3 atom stereocenters. The fraction of sp³-hybridized carbons (Fsp3) is 0.360. The van der Waals surface area contributed by atoms with Crippen molar-refractivity contribution >= 4 is 35.8 Å². The number of hydrogen-bond acceptors (Lipinski definition) is 7. The zero-order valence-electron chi connectivity index (χ0n) is 19.3. The summed E-state index contributed by atoms with van der Waals surface area (Å²) in [7, 11) is 3.69. The van der Waals surface area contributed by atoms with Gasteiger partial charge >= 0.3 is 0 Å². The zero-order chi connectivity index (χ0) is 24.7. The van der Waals surface area contributed by atoms with Gasteiger partial charge in [-0.15, -0.1) is 0 Å². The Kier molecular flexibility index (Phi) is 8.92. The average molecular weight is 485 g/mol. The van der Waals surface area contributed by atoms with Crippen molar-refractivity contribution in [3.63, 3.8) is 0 Å². The standard InChI is InChI=1S/C24H27ClN4O3.CH2O/c1-29(2)23-18(14-30)22(25)27-21(28-23)13-15-7-10-17(11-8-15)26-24(31)20-12-9-16-5-3-4-6-19(16)32-20;1-2/h3-8,10-11,16,19-20,30H,9,12-14H2,1-2H3,(H,26,31);1H2/t16?,19?,20-;/m0./s1. The third-order valence-corrected chi connectivity index (χ3v) is 6.03. The minimum absolute atomic E-state index is 0.0250. The number of benzene rings is 1. The number of amides is 1. The van der Waals surface area contributed by atoms with Gasteiger partial charge in [0.2, 0.25) is 0 Å². The molecule has 34 heavy (non-hydrogen) atoms. The van der Waals surface area contributed by atoms with E-state index in [9.17, 15) is 9.90 Å². The van der Waals surface area contributed by atoms with E-state index in [4.69, 9.17) is 21.1 Å². The molecule has 0 bridgehead atoms. The molecule has 2 N–H and O–H groups in total. The molecule has 1 aromatic carbocycles. The van der Waals surface area contributed by atoms with Gasteiger partial charge in [-0.05, 0) is 30.5 Å². The van der Waals surface area contributed by atoms with E-state index in [2.05, 4.69) is 21.4 Å². The first-order valence-corrected chi connectivity index (χ1v) is 11.3. The molecule has 4 rings (SSSR count). The summed E-state index contributed by atoms with van der Waals surface area (Å²) < 4.78 is 5.99. The monoisotopic (exact) mass is 484 g/mol. The number of halogens is 1. The summed E-state index contributed by atoms with van der Waals surface area (Å²) >= 11 is 6.24. The lowest BCUT2D eigenvalue weighted by molar-refractivity contribution is -0.135. The molecule has 2 unspecified atom stereocenters. The van der Waals surface area contributed by atoms with Crippen molar-refractivity contribution in [3.8, 4) is 0 Å². The van der Waals surface area contributed by atoms with Gasteiger partial charge in [0.1, 0.15) is 29.7 Å². The van der Waals surface area contributed by atoms with E-state index in [1.165, 1.54) is 0 Å². The van der Waals surface area contributed by atoms with Crippen LogP contribution in [0.15, 0.2) is 48.6 Å². The first-order chi connectivity index (χ1) is 16.4. The largest absolute Gasteiger partial charge is 0.391 e. The molecule has 0 saturated carbocycles. The van der Waals surface area contributed by atoms with Crippen LogP contribution in [0.25, 0.3) is 0 Å². The molecule has 1 amide bonds. The second-order valence-corrected chi connectivity index (χ2v) is 8.61. The number of aliphatic hydroxyl groups is 1. The van der Waals surface area contributed by atoms with Crippen LogP contribution in [0, 0.1) is 5.92 Å². The highest BCUT2D eigenvalue weighted by Crippen LogP contribution is 2.30. The van der Waals surface area contributed by atoms with Crippen LogP contribution in [-0.2, 0) is 27.4 Å². The number of anilines is 2. The third kappa shape index (κ3) is 6.08. The van der Waals surface area contributed by atoms with Crippen molar-refractivity contribution < 1.29 is 19.4 Å². The van der Waals surface area contributed by atoms with Crippen LogP contribution in [-0.4, -0.2) is 54.1 Å². The maximum Gasteiger partial charge on any atom is 0.253 e. The van der Waals surface area contributed by atoms with Crippen LogP contribution >= 0.6 is 11.6 Å². The van der Waals surface area contributed by atoms with Gasteiger partial charge in [-0.1, -0.05) is 48.0 Å². The molecule has 9 heteroatoms. The average Bonchev–Trinajstić information content (AvgIpc) is 2.85. The van der Waals surface area contributed by atoms with E-state index >= 15 is 0 Å². The number of allylic oxidation sites excluding steroid dienone is 2. The summed E-state index contributed by atoms with van der Waals surface area (Å²) in [5.74, 6) is 1.40. The van der Waals surface area contributed by atoms with Gasteiger partial charge in [0.05, 0.1) is 18.3 Å². The van der Waals surface area contributed by atoms with Crippen molar-refractivity contribution in [2.75, 3.05) is 24.3 Å². The summed E-state index contributed by atoms with van der Waals surface area (Å²) in [6, 6.07) is 7.57. The predicted molar refractivity (Wildman–Crippen MR) is 132 cm³/mol. The van der Waals surface area contributed by atoms with Gasteiger partial charge < -0.3 is 24.9 Å². The van der Waals surface area contributed by atoms with Gasteiger partial charge in [-0.3, -0.25) is 4.79 Å². The Morgan fingerprint density at radius 2 is 1.88 bits per heavy atom. The Labute approximate surface area is 204 Å². The van der Waals surface area contributed by atoms with Crippen molar-refractivity contribution in [2.45, 2.75) is 38.1 Å². The topological polar surface area (TPSA) is 105 Å². The first kappa shape index (κ1) is 25.6. The van der Waals surface area contributed by atoms with E-state index in [0.29, 0.717) is 41.7 Å². The molecule has 1 fully saturated rings. The Hall–Kier alpha value is -3.07. The molecular formula is C25H29ClN4O4. The van der Waals surface area contributed by atoms with Crippen LogP contribution in [0.1, 0.15) is 29.8 Å². The number of rotatable bonds is 6. The van der Waals surface area contributed by atoms with Crippen molar-refractivity contribution in [1.82, 2.24) is 9.97 Å². The van der Waals surface area contributed by atoms with Gasteiger partial charge in [0.25, 0.3) is 5.91 Å². The summed E-state index contributed by atoms with van der Waals surface area (Å²) in [5.41, 5.74) is 2.21. The third-order valence-electron chi connectivity index (χ3n) is 5.71. The van der Waals surface area contributed by atoms with Crippen molar-refractivity contribution in [2.24, 2.45) is 5.92 Å². The summed E-state index contributed by atoms with van der Waals surface area (Å²) in [6.45, 7) is 1.78. The molecule has 2 aliphatic rings. The molecule has 0 radical (unpaired) electrons. The fourth-order valence-corrected chi connectivity index (χ4v) is 4.26. The summed E-state index contributed by atoms with van der Waals surface area (Å²) in [5, 5.41) is 12.7. The maximum absolute atomic E-state index is 12.7. The fourth-order valence-electron chi connectivity index (χ4n) is 4.02. The first-order valence-electron chi connectivity index (χ1n) is 11.0. The van der Waals surface area contributed by atoms with E-state index in [-0.39, 0.29) is 23.8 Å². The highest BCUT2D eigenvalue weighted by atomic mass is 35.5. The Balaban J connectivity index is 0.00000158. The van der Waals surface area contributed by atoms with E-state index < -0.39 is 6.10 Å². The summed E-state index contributed by atoms with van der Waals surface area (Å²) in [4.78, 5) is 31.3. The Morgan fingerprint density at radius 3 is 2.56 bits per heavy atom. The van der Waals surface area contributed by atoms with Crippen molar-refractivity contribution in [1.29, 1.82) is 0 Å². The second kappa shape index (κ2) is 11.9. The van der Waals surface area contributed by atoms with Gasteiger partial charge in [-0.2, -0.15) is 0 Å². The van der Waals surface area contributed by atoms with Gasteiger partial charge in [-0.25, -0.2) is 9.97 Å². The molecule has 1 aromatic heterocycles. The number of aromatic nitrogens is 2. The summed E-state index contributed by atoms with van der Waals surface area (Å²) in [6.07, 6.45) is 9.82. The SMILES string of the molecule is C=O.CN(C)c1nc(Cc2ccc(NC(=O)[C@@H]3CCC4C=CC=CC4O3)cc2)nc(Cl)c1CO. The normalized spacial score (nSPS) is 20.6. The molecule has 1 saturated heterocycles. The molecule has 2 heterocycles. The van der Waals surface area contributed by atoms with Gasteiger partial charge in [0.15, 0.2) is 0 Å². The van der Waals surface area contributed by atoms with Crippen LogP contribution < -0.4 is 10.2 Å². The van der Waals surface area contributed by atoms with Crippen LogP contribution in [0.3, 0.4) is 0 Å². The van der Waals surface area contributed by atoms with Crippen LogP contribution in [0.5, 0.6) is 0 Å². The number of carbonyl (C=O) groups excluding carboxylic acids is 2. The number of ether oxygens (including phenoxy) is 1. The lowest BCUT2D eigenvalue weighted by atomic mass is 9.88. The lowest BCUT2D eigenvalue weighted by Crippen LogP contribution is -2.40. The number of carbonyl (C=O) groups is 2. The molecule has 0 spiro atoms. The van der Waals surface area contributed by atoms with E-state index in [1.54, 1.807) is 4.90 Å². The van der Waals surface area contributed by atoms with Crippen LogP contribution in [0.2, 0.25) is 5.15 Å². The number of nitrogens with one attached hydrogen (secondary N) is 1. The maximum atomic E-state index is 12.7. The molecule has 1 aliphatic heterocycles. The molecule has 8 nitrogen and oxygen atoms in total. The highest BCUT2D eigenvalue weighted by Gasteiger charge is 2.32. The van der Waals surface area contributed by atoms with E-state index in [1.807, 2.05) is 63.4 Å². The van der Waals surface area contributed by atoms with E-state index in [0.717, 1.165) is 12.0 Å². The minimum Gasteiger partial charge on any atom is -0.391 e. The number of hydrogen-bond donors (Lipinski definition) is 2. The Bertz CT molecular complexity index is 1060. The molecular weight excluding hydrogens is 456 g/mol. The second-order valence-electron chi connectivity index (χ2n) is 8.25. The Morgan fingerprint density at radius 1 is 1.18 bits per heavy atom. The number of fused-ring (bicyclic) bond motifs is 1. The molecule has 2 aromatic rings. The minimum atomic E-state index is -0.447. The lowest BCUT2D eigenvalue weighted by Gasteiger charge is -2.34. The van der Waals surface area contributed by atoms with Gasteiger partial charge in [0, 0.05) is 32.1 Å². The molecule has 1 aliphatic carbocycles. The molecule has 180 valence electrons. The van der Waals surface area contributed by atoms with Crippen molar-refractivity contribution in [3.05, 3.63) is 70.7 Å².